The smallest absolute Gasteiger partial charge is 0.251 e. The second-order valence-corrected chi connectivity index (χ2v) is 5.73. The molecule has 0 aromatic heterocycles. The van der Waals surface area contributed by atoms with Gasteiger partial charge in [0.25, 0.3) is 5.91 Å². The first-order valence-electron chi connectivity index (χ1n) is 8.00. The Balaban J connectivity index is 1.87. The predicted molar refractivity (Wildman–Crippen MR) is 88.5 cm³/mol. The van der Waals surface area contributed by atoms with Crippen molar-refractivity contribution in [2.45, 2.75) is 44.6 Å². The molecule has 1 saturated carbocycles. The standard InChI is InChI=1S/C18H24N2O2/c1-19-18(22)15-11-8-14(9-12-15)10-13-17(21)20-16-6-4-2-3-5-7-16/h8-13,16H,2-7H2,1H3,(H,19,22)(H,20,21). The molecule has 0 radical (unpaired) electrons. The monoisotopic (exact) mass is 300 g/mol. The van der Waals surface area contributed by atoms with Crippen LogP contribution in [0.5, 0.6) is 0 Å². The number of benzene rings is 1. The quantitative estimate of drug-likeness (QED) is 0.663. The third kappa shape index (κ3) is 5.02. The van der Waals surface area contributed by atoms with Crippen LogP contribution in [0.25, 0.3) is 6.08 Å². The van der Waals surface area contributed by atoms with Gasteiger partial charge in [0.2, 0.25) is 5.91 Å². The summed E-state index contributed by atoms with van der Waals surface area (Å²) in [5, 5.41) is 5.66. The van der Waals surface area contributed by atoms with Crippen LogP contribution in [0.1, 0.15) is 54.4 Å². The first kappa shape index (κ1) is 16.3. The summed E-state index contributed by atoms with van der Waals surface area (Å²) in [5.74, 6) is -0.149. The highest BCUT2D eigenvalue weighted by atomic mass is 16.2. The lowest BCUT2D eigenvalue weighted by Crippen LogP contribution is -2.33. The molecular weight excluding hydrogens is 276 g/mol. The molecule has 118 valence electrons. The van der Waals surface area contributed by atoms with Crippen molar-refractivity contribution in [2.75, 3.05) is 7.05 Å². The maximum Gasteiger partial charge on any atom is 0.251 e. The van der Waals surface area contributed by atoms with Crippen molar-refractivity contribution < 1.29 is 9.59 Å². The van der Waals surface area contributed by atoms with Crippen LogP contribution < -0.4 is 10.6 Å². The van der Waals surface area contributed by atoms with E-state index in [9.17, 15) is 9.59 Å². The zero-order valence-electron chi connectivity index (χ0n) is 13.1. The van der Waals surface area contributed by atoms with Crippen molar-refractivity contribution in [1.82, 2.24) is 10.6 Å². The van der Waals surface area contributed by atoms with Crippen LogP contribution in [0.2, 0.25) is 0 Å². The first-order valence-corrected chi connectivity index (χ1v) is 8.00. The van der Waals surface area contributed by atoms with E-state index in [1.54, 1.807) is 31.3 Å². The predicted octanol–water partition coefficient (Wildman–Crippen LogP) is 2.90. The van der Waals surface area contributed by atoms with E-state index in [-0.39, 0.29) is 11.8 Å². The maximum atomic E-state index is 12.0. The Morgan fingerprint density at radius 1 is 1.05 bits per heavy atom. The molecule has 2 amide bonds. The summed E-state index contributed by atoms with van der Waals surface area (Å²) in [6.07, 6.45) is 10.5. The average Bonchev–Trinajstić information content (AvgIpc) is 2.81. The second kappa shape index (κ2) is 8.37. The summed E-state index contributed by atoms with van der Waals surface area (Å²) in [5.41, 5.74) is 1.52. The topological polar surface area (TPSA) is 58.2 Å². The van der Waals surface area contributed by atoms with Gasteiger partial charge < -0.3 is 10.6 Å². The Bertz CT molecular complexity index is 527. The molecule has 22 heavy (non-hydrogen) atoms. The molecule has 0 unspecified atom stereocenters. The molecule has 1 aliphatic rings. The van der Waals surface area contributed by atoms with Crippen LogP contribution in [0, 0.1) is 0 Å². The van der Waals surface area contributed by atoms with Gasteiger partial charge in [0, 0.05) is 24.7 Å². The van der Waals surface area contributed by atoms with Gasteiger partial charge in [-0.05, 0) is 36.6 Å². The van der Waals surface area contributed by atoms with Crippen molar-refractivity contribution in [1.29, 1.82) is 0 Å². The number of nitrogens with one attached hydrogen (secondary N) is 2. The van der Waals surface area contributed by atoms with Crippen LogP contribution in [-0.4, -0.2) is 24.9 Å². The molecule has 0 spiro atoms. The Kier molecular flexibility index (Phi) is 6.19. The first-order chi connectivity index (χ1) is 10.7. The van der Waals surface area contributed by atoms with Gasteiger partial charge in [0.05, 0.1) is 0 Å². The molecule has 1 aliphatic carbocycles. The fourth-order valence-electron chi connectivity index (χ4n) is 2.73. The van der Waals surface area contributed by atoms with Crippen LogP contribution >= 0.6 is 0 Å². The van der Waals surface area contributed by atoms with Gasteiger partial charge in [-0.15, -0.1) is 0 Å². The minimum Gasteiger partial charge on any atom is -0.355 e. The lowest BCUT2D eigenvalue weighted by atomic mass is 10.1. The van der Waals surface area contributed by atoms with Gasteiger partial charge in [-0.25, -0.2) is 0 Å². The van der Waals surface area contributed by atoms with Gasteiger partial charge in [-0.1, -0.05) is 37.8 Å². The van der Waals surface area contributed by atoms with Gasteiger partial charge in [-0.2, -0.15) is 0 Å². The number of hydrogen-bond donors (Lipinski definition) is 2. The third-order valence-corrected chi connectivity index (χ3v) is 4.03. The normalized spacial score (nSPS) is 16.2. The maximum absolute atomic E-state index is 12.0. The lowest BCUT2D eigenvalue weighted by Gasteiger charge is -2.14. The van der Waals surface area contributed by atoms with E-state index in [2.05, 4.69) is 10.6 Å². The highest BCUT2D eigenvalue weighted by molar-refractivity contribution is 5.94. The molecule has 0 saturated heterocycles. The SMILES string of the molecule is CNC(=O)c1ccc(C=CC(=O)NC2CCCCCC2)cc1. The highest BCUT2D eigenvalue weighted by Crippen LogP contribution is 2.17. The summed E-state index contributed by atoms with van der Waals surface area (Å²) in [7, 11) is 1.61. The Labute approximate surface area is 132 Å². The molecule has 1 fully saturated rings. The minimum atomic E-state index is -0.110. The number of carbonyl (C=O) groups is 2. The largest absolute Gasteiger partial charge is 0.355 e. The molecule has 2 rings (SSSR count). The van der Waals surface area contributed by atoms with Crippen molar-refractivity contribution in [3.05, 3.63) is 41.5 Å². The number of rotatable bonds is 4. The highest BCUT2D eigenvalue weighted by Gasteiger charge is 2.13. The fraction of sp³-hybridized carbons (Fsp3) is 0.444. The molecule has 0 atom stereocenters. The summed E-state index contributed by atoms with van der Waals surface area (Å²) >= 11 is 0. The van der Waals surface area contributed by atoms with Crippen LogP contribution in [0.3, 0.4) is 0 Å². The summed E-state index contributed by atoms with van der Waals surface area (Å²) < 4.78 is 0. The summed E-state index contributed by atoms with van der Waals surface area (Å²) in [6.45, 7) is 0. The second-order valence-electron chi connectivity index (χ2n) is 5.73. The Hall–Kier alpha value is -2.10. The zero-order valence-corrected chi connectivity index (χ0v) is 13.1. The van der Waals surface area contributed by atoms with E-state index in [1.807, 2.05) is 12.1 Å². The van der Waals surface area contributed by atoms with Crippen molar-refractivity contribution >= 4 is 17.9 Å². The molecule has 1 aromatic rings. The van der Waals surface area contributed by atoms with E-state index >= 15 is 0 Å². The van der Waals surface area contributed by atoms with Crippen molar-refractivity contribution in [3.8, 4) is 0 Å². The van der Waals surface area contributed by atoms with Crippen molar-refractivity contribution in [3.63, 3.8) is 0 Å². The van der Waals surface area contributed by atoms with Crippen LogP contribution in [0.15, 0.2) is 30.3 Å². The van der Waals surface area contributed by atoms with E-state index in [1.165, 1.54) is 25.7 Å². The van der Waals surface area contributed by atoms with Gasteiger partial charge in [0.15, 0.2) is 0 Å². The van der Waals surface area contributed by atoms with Gasteiger partial charge >= 0.3 is 0 Å². The molecule has 2 N–H and O–H groups in total. The number of hydrogen-bond acceptors (Lipinski definition) is 2. The molecule has 4 nitrogen and oxygen atoms in total. The fourth-order valence-corrected chi connectivity index (χ4v) is 2.73. The van der Waals surface area contributed by atoms with Crippen LogP contribution in [0.4, 0.5) is 0 Å². The molecule has 0 aliphatic heterocycles. The van der Waals surface area contributed by atoms with Gasteiger partial charge in [-0.3, -0.25) is 9.59 Å². The zero-order chi connectivity index (χ0) is 15.8. The van der Waals surface area contributed by atoms with Gasteiger partial charge in [0.1, 0.15) is 0 Å². The van der Waals surface area contributed by atoms with E-state index < -0.39 is 0 Å². The minimum absolute atomic E-state index is 0.0396. The molecule has 0 bridgehead atoms. The van der Waals surface area contributed by atoms with E-state index in [0.29, 0.717) is 11.6 Å². The average molecular weight is 300 g/mol. The number of carbonyl (C=O) groups excluding carboxylic acids is 2. The number of amides is 2. The van der Waals surface area contributed by atoms with Crippen LogP contribution in [-0.2, 0) is 4.79 Å². The molecular formula is C18H24N2O2. The summed E-state index contributed by atoms with van der Waals surface area (Å²) in [4.78, 5) is 23.4. The summed E-state index contributed by atoms with van der Waals surface area (Å²) in [6, 6.07) is 7.49. The van der Waals surface area contributed by atoms with E-state index in [0.717, 1.165) is 18.4 Å². The molecule has 0 heterocycles. The van der Waals surface area contributed by atoms with E-state index in [4.69, 9.17) is 0 Å². The Morgan fingerprint density at radius 2 is 1.68 bits per heavy atom. The lowest BCUT2D eigenvalue weighted by molar-refractivity contribution is -0.117. The third-order valence-electron chi connectivity index (χ3n) is 4.03. The van der Waals surface area contributed by atoms with Crippen molar-refractivity contribution in [2.24, 2.45) is 0 Å². The molecule has 1 aromatic carbocycles. The molecule has 4 heteroatoms. The Morgan fingerprint density at radius 3 is 2.27 bits per heavy atom.